The molecule has 10 heteroatoms. The van der Waals surface area contributed by atoms with Gasteiger partial charge in [0, 0.05) is 37.3 Å². The fourth-order valence-corrected chi connectivity index (χ4v) is 5.16. The molecule has 0 spiro atoms. The first kappa shape index (κ1) is 28.7. The molecule has 0 atom stereocenters. The number of nitrogens with zero attached hydrogens (tertiary/aromatic N) is 4. The SMILES string of the molecule is N#Cc1c(-c2nc3ccc(CNCCO)cc3o2)cccc1-c1cccc(-c2nc3ccc(CNCCO)cc3o2)c1C#N. The monoisotopic (exact) mass is 584 g/mol. The minimum absolute atomic E-state index is 0.0543. The first-order valence-corrected chi connectivity index (χ1v) is 14.1. The van der Waals surface area contributed by atoms with Crippen LogP contribution in [-0.4, -0.2) is 46.5 Å². The van der Waals surface area contributed by atoms with E-state index in [0.717, 1.165) is 11.1 Å². The maximum atomic E-state index is 10.3. The fourth-order valence-electron chi connectivity index (χ4n) is 5.16. The van der Waals surface area contributed by atoms with Crippen LogP contribution in [0.1, 0.15) is 22.3 Å². The Bertz CT molecular complexity index is 1900. The molecule has 0 saturated carbocycles. The van der Waals surface area contributed by atoms with Crippen LogP contribution in [0.4, 0.5) is 0 Å². The van der Waals surface area contributed by atoms with E-state index in [0.29, 0.717) is 93.5 Å². The van der Waals surface area contributed by atoms with Gasteiger partial charge in [0.15, 0.2) is 11.2 Å². The molecule has 2 aromatic heterocycles. The summed E-state index contributed by atoms with van der Waals surface area (Å²) < 4.78 is 12.2. The molecule has 0 bridgehead atoms. The highest BCUT2D eigenvalue weighted by Gasteiger charge is 2.21. The van der Waals surface area contributed by atoms with Crippen molar-refractivity contribution in [1.82, 2.24) is 20.6 Å². The topological polar surface area (TPSA) is 164 Å². The number of fused-ring (bicyclic) bond motifs is 2. The van der Waals surface area contributed by atoms with E-state index in [1.807, 2.05) is 48.5 Å². The van der Waals surface area contributed by atoms with Crippen LogP contribution in [0.3, 0.4) is 0 Å². The summed E-state index contributed by atoms with van der Waals surface area (Å²) >= 11 is 0. The molecule has 0 saturated heterocycles. The number of aromatic nitrogens is 2. The number of aliphatic hydroxyl groups is 2. The molecule has 0 unspecified atom stereocenters. The predicted molar refractivity (Wildman–Crippen MR) is 165 cm³/mol. The average Bonchev–Trinajstić information content (AvgIpc) is 3.68. The minimum atomic E-state index is 0.0543. The van der Waals surface area contributed by atoms with E-state index in [1.54, 1.807) is 24.3 Å². The van der Waals surface area contributed by atoms with Crippen LogP contribution in [0, 0.1) is 22.7 Å². The molecule has 10 nitrogen and oxygen atoms in total. The van der Waals surface area contributed by atoms with Crippen molar-refractivity contribution in [1.29, 1.82) is 10.5 Å². The van der Waals surface area contributed by atoms with E-state index in [1.165, 1.54) is 0 Å². The zero-order valence-electron chi connectivity index (χ0n) is 23.7. The van der Waals surface area contributed by atoms with Gasteiger partial charge in [-0.25, -0.2) is 9.97 Å². The number of aliphatic hydroxyl groups excluding tert-OH is 2. The molecule has 0 aliphatic heterocycles. The lowest BCUT2D eigenvalue weighted by molar-refractivity contribution is 0.291. The predicted octanol–water partition coefficient (Wildman–Crippen LogP) is 4.88. The Morgan fingerprint density at radius 1 is 0.614 bits per heavy atom. The lowest BCUT2D eigenvalue weighted by Crippen LogP contribution is -2.17. The Labute approximate surface area is 252 Å². The molecule has 0 amide bonds. The molecule has 0 fully saturated rings. The summed E-state index contributed by atoms with van der Waals surface area (Å²) in [5.74, 6) is 0.605. The highest BCUT2D eigenvalue weighted by molar-refractivity contribution is 5.88. The van der Waals surface area contributed by atoms with Crippen LogP contribution in [-0.2, 0) is 13.1 Å². The number of nitriles is 2. The number of hydrogen-bond acceptors (Lipinski definition) is 10. The van der Waals surface area contributed by atoms with Crippen molar-refractivity contribution < 1.29 is 19.0 Å². The van der Waals surface area contributed by atoms with Crippen LogP contribution >= 0.6 is 0 Å². The van der Waals surface area contributed by atoms with Gasteiger partial charge >= 0.3 is 0 Å². The van der Waals surface area contributed by atoms with Gasteiger partial charge in [0.2, 0.25) is 11.8 Å². The highest BCUT2D eigenvalue weighted by atomic mass is 16.4. The largest absolute Gasteiger partial charge is 0.436 e. The van der Waals surface area contributed by atoms with E-state index in [4.69, 9.17) is 19.0 Å². The smallest absolute Gasteiger partial charge is 0.228 e. The molecule has 4 N–H and O–H groups in total. The molecule has 0 aliphatic carbocycles. The van der Waals surface area contributed by atoms with Gasteiger partial charge < -0.3 is 29.7 Å². The molecule has 44 heavy (non-hydrogen) atoms. The Morgan fingerprint density at radius 3 is 1.45 bits per heavy atom. The van der Waals surface area contributed by atoms with Gasteiger partial charge in [0.05, 0.1) is 35.5 Å². The van der Waals surface area contributed by atoms with Crippen molar-refractivity contribution >= 4 is 22.2 Å². The van der Waals surface area contributed by atoms with Crippen LogP contribution in [0.5, 0.6) is 0 Å². The van der Waals surface area contributed by atoms with Gasteiger partial charge in [-0.05, 0) is 47.5 Å². The summed E-state index contributed by atoms with van der Waals surface area (Å²) in [5.41, 5.74) is 7.25. The minimum Gasteiger partial charge on any atom is -0.436 e. The van der Waals surface area contributed by atoms with Crippen LogP contribution in [0.2, 0.25) is 0 Å². The quantitative estimate of drug-likeness (QED) is 0.154. The molecule has 2 heterocycles. The normalized spacial score (nSPS) is 11.2. The van der Waals surface area contributed by atoms with Crippen molar-refractivity contribution in [2.45, 2.75) is 13.1 Å². The molecular weight excluding hydrogens is 556 g/mol. The molecule has 6 rings (SSSR count). The van der Waals surface area contributed by atoms with Gasteiger partial charge in [0.1, 0.15) is 23.2 Å². The van der Waals surface area contributed by atoms with Crippen molar-refractivity contribution in [2.24, 2.45) is 0 Å². The zero-order valence-corrected chi connectivity index (χ0v) is 23.7. The van der Waals surface area contributed by atoms with Gasteiger partial charge in [-0.2, -0.15) is 10.5 Å². The Balaban J connectivity index is 1.38. The van der Waals surface area contributed by atoms with Gasteiger partial charge in [-0.15, -0.1) is 0 Å². The van der Waals surface area contributed by atoms with Gasteiger partial charge in [-0.1, -0.05) is 36.4 Å². The zero-order chi connectivity index (χ0) is 30.5. The first-order chi connectivity index (χ1) is 21.6. The van der Waals surface area contributed by atoms with E-state index >= 15 is 0 Å². The number of hydrogen-bond donors (Lipinski definition) is 4. The lowest BCUT2D eigenvalue weighted by Gasteiger charge is -2.11. The Hall–Kier alpha value is -5.36. The van der Waals surface area contributed by atoms with Crippen LogP contribution in [0.15, 0.2) is 81.6 Å². The Kier molecular flexibility index (Phi) is 8.41. The molecule has 6 aromatic rings. The van der Waals surface area contributed by atoms with E-state index in [2.05, 4.69) is 32.7 Å². The van der Waals surface area contributed by atoms with Gasteiger partial charge in [-0.3, -0.25) is 0 Å². The van der Waals surface area contributed by atoms with Crippen molar-refractivity contribution in [3.63, 3.8) is 0 Å². The van der Waals surface area contributed by atoms with Crippen molar-refractivity contribution in [2.75, 3.05) is 26.3 Å². The summed E-state index contributed by atoms with van der Waals surface area (Å²) in [6.07, 6.45) is 0. The number of benzene rings is 4. The molecular formula is C34H28N6O4. The third kappa shape index (κ3) is 5.66. The molecule has 0 radical (unpaired) electrons. The second-order valence-electron chi connectivity index (χ2n) is 10.1. The highest BCUT2D eigenvalue weighted by Crippen LogP contribution is 2.38. The van der Waals surface area contributed by atoms with Crippen LogP contribution < -0.4 is 10.6 Å². The molecule has 4 aromatic carbocycles. The van der Waals surface area contributed by atoms with Crippen molar-refractivity contribution in [3.8, 4) is 46.2 Å². The third-order valence-corrected chi connectivity index (χ3v) is 7.24. The number of rotatable bonds is 11. The summed E-state index contributed by atoms with van der Waals surface area (Å²) in [6, 6.07) is 26.8. The summed E-state index contributed by atoms with van der Waals surface area (Å²) in [4.78, 5) is 9.28. The van der Waals surface area contributed by atoms with E-state index in [9.17, 15) is 10.5 Å². The maximum Gasteiger partial charge on any atom is 0.228 e. The van der Waals surface area contributed by atoms with Crippen molar-refractivity contribution in [3.05, 3.63) is 95.1 Å². The standard InChI is InChI=1S/C34H28N6O4/c35-17-27-23(3-1-5-25(27)33-39-29-9-7-21(15-31(29)43-33)19-37-11-13-41)24-4-2-6-26(28(24)18-36)34-40-30-10-8-22(16-32(30)44-34)20-38-12-14-42/h1-10,15-16,37-38,41-42H,11-14,19-20H2. The van der Waals surface area contributed by atoms with Crippen LogP contribution in [0.25, 0.3) is 56.2 Å². The van der Waals surface area contributed by atoms with E-state index < -0.39 is 0 Å². The third-order valence-electron chi connectivity index (χ3n) is 7.24. The van der Waals surface area contributed by atoms with Gasteiger partial charge in [0.25, 0.3) is 0 Å². The summed E-state index contributed by atoms with van der Waals surface area (Å²) in [7, 11) is 0. The average molecular weight is 585 g/mol. The number of oxazole rings is 2. The fraction of sp³-hybridized carbons (Fsp3) is 0.176. The second-order valence-corrected chi connectivity index (χ2v) is 10.1. The molecule has 218 valence electrons. The first-order valence-electron chi connectivity index (χ1n) is 14.1. The molecule has 0 aliphatic rings. The second kappa shape index (κ2) is 12.9. The summed E-state index contributed by atoms with van der Waals surface area (Å²) in [5, 5.41) is 45.0. The lowest BCUT2D eigenvalue weighted by atomic mass is 9.91. The number of nitrogens with one attached hydrogen (secondary N) is 2. The maximum absolute atomic E-state index is 10.3. The Morgan fingerprint density at radius 2 is 1.05 bits per heavy atom. The van der Waals surface area contributed by atoms with E-state index in [-0.39, 0.29) is 13.2 Å². The summed E-state index contributed by atoms with van der Waals surface area (Å²) in [6.45, 7) is 2.23.